The van der Waals surface area contributed by atoms with Crippen LogP contribution in [-0.4, -0.2) is 36.0 Å². The molecule has 8 nitrogen and oxygen atoms in total. The molecule has 6 aromatic heterocycles. The molecule has 3 N–H and O–H groups in total. The van der Waals surface area contributed by atoms with Gasteiger partial charge in [0.2, 0.25) is 5.91 Å². The summed E-state index contributed by atoms with van der Waals surface area (Å²) in [5, 5.41) is 15.9. The van der Waals surface area contributed by atoms with Crippen LogP contribution in [0, 0.1) is 5.92 Å². The van der Waals surface area contributed by atoms with Crippen molar-refractivity contribution in [1.82, 2.24) is 30.1 Å². The first-order valence-corrected chi connectivity index (χ1v) is 12.8. The molecule has 9 heteroatoms. The molecule has 0 aromatic carbocycles. The molecule has 0 saturated heterocycles. The number of amides is 1. The Kier molecular flexibility index (Phi) is 4.88. The summed E-state index contributed by atoms with van der Waals surface area (Å²) in [6, 6.07) is 11.9. The van der Waals surface area contributed by atoms with E-state index < -0.39 is 0 Å². The van der Waals surface area contributed by atoms with E-state index in [9.17, 15) is 4.79 Å². The summed E-state index contributed by atoms with van der Waals surface area (Å²) in [6.07, 6.45) is 8.28. The lowest BCUT2D eigenvalue weighted by atomic mass is 9.85. The lowest BCUT2D eigenvalue weighted by Crippen LogP contribution is -2.28. The summed E-state index contributed by atoms with van der Waals surface area (Å²) in [4.78, 5) is 29.7. The standard InChI is InChI=1S/C27H21N7OS/c35-27(15-2-1-3-15)30-18-10-17(12-28-13-18)20-4-5-22-25(32-20)26(34-33-22)23-11-19-21(31-23)6-8-29-24(19)16-7-9-36-14-16/h4-15,31H,1-3H2,(H,30,35)(H,33,34). The van der Waals surface area contributed by atoms with Crippen molar-refractivity contribution in [3.8, 4) is 33.9 Å². The van der Waals surface area contributed by atoms with Gasteiger partial charge in [0.15, 0.2) is 0 Å². The molecule has 0 unspecified atom stereocenters. The Labute approximate surface area is 209 Å². The second-order valence-corrected chi connectivity index (χ2v) is 9.84. The van der Waals surface area contributed by atoms with Crippen molar-refractivity contribution in [2.45, 2.75) is 19.3 Å². The lowest BCUT2D eigenvalue weighted by Gasteiger charge is -2.24. The third kappa shape index (κ3) is 3.56. The molecule has 176 valence electrons. The second-order valence-electron chi connectivity index (χ2n) is 9.06. The molecule has 1 saturated carbocycles. The first-order chi connectivity index (χ1) is 17.7. The highest BCUT2D eigenvalue weighted by atomic mass is 32.1. The van der Waals surface area contributed by atoms with Crippen LogP contribution in [0.25, 0.3) is 55.8 Å². The molecular formula is C27H21N7OS. The van der Waals surface area contributed by atoms with Crippen LogP contribution in [-0.2, 0) is 4.79 Å². The van der Waals surface area contributed by atoms with Crippen LogP contribution < -0.4 is 5.32 Å². The van der Waals surface area contributed by atoms with Crippen molar-refractivity contribution in [2.24, 2.45) is 5.92 Å². The molecule has 0 aliphatic heterocycles. The number of rotatable bonds is 5. The predicted octanol–water partition coefficient (Wildman–Crippen LogP) is 6.03. The van der Waals surface area contributed by atoms with Gasteiger partial charge >= 0.3 is 0 Å². The summed E-state index contributed by atoms with van der Waals surface area (Å²) in [6.45, 7) is 0. The molecule has 6 aromatic rings. The number of hydrogen-bond donors (Lipinski definition) is 3. The van der Waals surface area contributed by atoms with Gasteiger partial charge in [-0.1, -0.05) is 6.42 Å². The number of fused-ring (bicyclic) bond motifs is 2. The molecule has 0 bridgehead atoms. The van der Waals surface area contributed by atoms with Gasteiger partial charge in [-0.25, -0.2) is 4.98 Å². The fourth-order valence-corrected chi connectivity index (χ4v) is 5.26. The van der Waals surface area contributed by atoms with Gasteiger partial charge in [0.1, 0.15) is 11.2 Å². The van der Waals surface area contributed by atoms with Gasteiger partial charge in [-0.2, -0.15) is 16.4 Å². The van der Waals surface area contributed by atoms with Crippen molar-refractivity contribution < 1.29 is 4.79 Å². The van der Waals surface area contributed by atoms with Crippen LogP contribution in [0.5, 0.6) is 0 Å². The van der Waals surface area contributed by atoms with Gasteiger partial charge in [0.05, 0.1) is 34.5 Å². The normalized spacial score (nSPS) is 13.8. The number of anilines is 1. The number of aromatic nitrogens is 6. The zero-order valence-corrected chi connectivity index (χ0v) is 20.0. The monoisotopic (exact) mass is 491 g/mol. The summed E-state index contributed by atoms with van der Waals surface area (Å²) >= 11 is 1.65. The average Bonchev–Trinajstić information content (AvgIpc) is 3.61. The number of nitrogens with one attached hydrogen (secondary N) is 3. The zero-order chi connectivity index (χ0) is 24.1. The Morgan fingerprint density at radius 3 is 2.81 bits per heavy atom. The van der Waals surface area contributed by atoms with Crippen molar-refractivity contribution in [3.63, 3.8) is 0 Å². The fourth-order valence-electron chi connectivity index (χ4n) is 4.62. The van der Waals surface area contributed by atoms with E-state index >= 15 is 0 Å². The predicted molar refractivity (Wildman–Crippen MR) is 141 cm³/mol. The van der Waals surface area contributed by atoms with E-state index in [-0.39, 0.29) is 11.8 Å². The highest BCUT2D eigenvalue weighted by molar-refractivity contribution is 7.08. The third-order valence-corrected chi connectivity index (χ3v) is 7.47. The van der Waals surface area contributed by atoms with E-state index in [1.165, 1.54) is 0 Å². The molecular weight excluding hydrogens is 470 g/mol. The summed E-state index contributed by atoms with van der Waals surface area (Å²) < 4.78 is 0. The van der Waals surface area contributed by atoms with Crippen molar-refractivity contribution in [2.75, 3.05) is 5.32 Å². The van der Waals surface area contributed by atoms with Crippen molar-refractivity contribution in [3.05, 3.63) is 65.7 Å². The van der Waals surface area contributed by atoms with Crippen molar-refractivity contribution >= 4 is 44.9 Å². The minimum atomic E-state index is 0.0656. The molecule has 1 amide bonds. The molecule has 7 rings (SSSR count). The first-order valence-electron chi connectivity index (χ1n) is 11.8. The van der Waals surface area contributed by atoms with Crippen LogP contribution >= 0.6 is 11.3 Å². The highest BCUT2D eigenvalue weighted by Crippen LogP contribution is 2.34. The molecule has 6 heterocycles. The Bertz CT molecular complexity index is 1730. The quantitative estimate of drug-likeness (QED) is 0.273. The van der Waals surface area contributed by atoms with E-state index in [0.717, 1.165) is 75.1 Å². The Balaban J connectivity index is 1.26. The minimum absolute atomic E-state index is 0.0656. The summed E-state index contributed by atoms with van der Waals surface area (Å²) in [7, 11) is 0. The van der Waals surface area contributed by atoms with Gasteiger partial charge in [-0.15, -0.1) is 0 Å². The highest BCUT2D eigenvalue weighted by Gasteiger charge is 2.25. The maximum absolute atomic E-state index is 12.4. The van der Waals surface area contributed by atoms with Crippen LogP contribution in [0.2, 0.25) is 0 Å². The van der Waals surface area contributed by atoms with Crippen LogP contribution in [0.3, 0.4) is 0 Å². The number of H-pyrrole nitrogens is 2. The van der Waals surface area contributed by atoms with Gasteiger partial charge < -0.3 is 10.3 Å². The molecule has 0 spiro atoms. The molecule has 0 radical (unpaired) electrons. The van der Waals surface area contributed by atoms with Gasteiger partial charge in [-0.05, 0) is 54.6 Å². The smallest absolute Gasteiger partial charge is 0.227 e. The molecule has 1 fully saturated rings. The SMILES string of the molecule is O=C(Nc1cncc(-c2ccc3[nH]nc(-c4cc5c(-c6ccsc6)nccc5[nH]4)c3n2)c1)C1CCC1. The zero-order valence-electron chi connectivity index (χ0n) is 19.2. The van der Waals surface area contributed by atoms with E-state index in [4.69, 9.17) is 4.98 Å². The molecule has 1 aliphatic carbocycles. The topological polar surface area (TPSA) is 112 Å². The van der Waals surface area contributed by atoms with Crippen LogP contribution in [0.1, 0.15) is 19.3 Å². The summed E-state index contributed by atoms with van der Waals surface area (Å²) in [5.74, 6) is 0.180. The number of carbonyl (C=O) groups excluding carboxylic acids is 1. The van der Waals surface area contributed by atoms with E-state index in [0.29, 0.717) is 5.69 Å². The van der Waals surface area contributed by atoms with E-state index in [1.807, 2.05) is 30.5 Å². The van der Waals surface area contributed by atoms with Gasteiger partial charge in [0.25, 0.3) is 0 Å². The summed E-state index contributed by atoms with van der Waals surface area (Å²) in [5.41, 5.74) is 8.50. The molecule has 0 atom stereocenters. The third-order valence-electron chi connectivity index (χ3n) is 6.78. The Hall–Kier alpha value is -4.37. The molecule has 36 heavy (non-hydrogen) atoms. The van der Waals surface area contributed by atoms with Gasteiger partial charge in [0, 0.05) is 45.7 Å². The average molecular weight is 492 g/mol. The lowest BCUT2D eigenvalue weighted by molar-refractivity contribution is -0.122. The van der Waals surface area contributed by atoms with Crippen LogP contribution in [0.4, 0.5) is 5.69 Å². The molecule has 1 aliphatic rings. The second kappa shape index (κ2) is 8.39. The number of carbonyl (C=O) groups is 1. The first kappa shape index (κ1) is 21.0. The van der Waals surface area contributed by atoms with Gasteiger partial charge in [-0.3, -0.25) is 19.9 Å². The fraction of sp³-hybridized carbons (Fsp3) is 0.148. The Morgan fingerprint density at radius 1 is 1.03 bits per heavy atom. The number of pyridine rings is 3. The number of nitrogens with zero attached hydrogens (tertiary/aromatic N) is 4. The number of aromatic amines is 2. The maximum atomic E-state index is 12.4. The number of thiophene rings is 1. The largest absolute Gasteiger partial charge is 0.353 e. The van der Waals surface area contributed by atoms with Crippen LogP contribution in [0.15, 0.2) is 65.7 Å². The Morgan fingerprint density at radius 2 is 1.97 bits per heavy atom. The minimum Gasteiger partial charge on any atom is -0.353 e. The number of hydrogen-bond acceptors (Lipinski definition) is 6. The maximum Gasteiger partial charge on any atom is 0.227 e. The van der Waals surface area contributed by atoms with Crippen molar-refractivity contribution in [1.29, 1.82) is 0 Å². The van der Waals surface area contributed by atoms with E-state index in [2.05, 4.69) is 53.4 Å². The van der Waals surface area contributed by atoms with E-state index in [1.54, 1.807) is 23.7 Å².